The zero-order valence-electron chi connectivity index (χ0n) is 8.83. The third-order valence-electron chi connectivity index (χ3n) is 2.04. The van der Waals surface area contributed by atoms with Crippen LogP contribution in [0.15, 0.2) is 31.0 Å². The minimum atomic E-state index is -1.03. The van der Waals surface area contributed by atoms with Crippen molar-refractivity contribution < 1.29 is 15.0 Å². The van der Waals surface area contributed by atoms with Gasteiger partial charge in [0.2, 0.25) is 0 Å². The molecule has 0 radical (unpaired) electrons. The van der Waals surface area contributed by atoms with E-state index < -0.39 is 5.97 Å². The van der Waals surface area contributed by atoms with E-state index >= 15 is 0 Å². The van der Waals surface area contributed by atoms with E-state index in [1.54, 1.807) is 17.0 Å². The second-order valence-corrected chi connectivity index (χ2v) is 3.14. The third kappa shape index (κ3) is 2.80. The molecule has 1 rings (SSSR count). The Balaban J connectivity index is 3.06. The fourth-order valence-electron chi connectivity index (χ4n) is 1.38. The summed E-state index contributed by atoms with van der Waals surface area (Å²) < 4.78 is 0. The third-order valence-corrected chi connectivity index (χ3v) is 2.04. The second-order valence-electron chi connectivity index (χ2n) is 3.14. The number of aliphatic hydroxyl groups is 1. The largest absolute Gasteiger partial charge is 0.478 e. The molecule has 0 unspecified atom stereocenters. The van der Waals surface area contributed by atoms with Crippen LogP contribution in [0.3, 0.4) is 0 Å². The summed E-state index contributed by atoms with van der Waals surface area (Å²) in [5.74, 6) is -0.681. The van der Waals surface area contributed by atoms with Crippen LogP contribution in [0.2, 0.25) is 0 Å². The molecule has 16 heavy (non-hydrogen) atoms. The molecule has 1 aromatic heterocycles. The number of carbonyl (C=O) groups is 1. The van der Waals surface area contributed by atoms with Crippen LogP contribution in [-0.2, 0) is 0 Å². The van der Waals surface area contributed by atoms with Crippen molar-refractivity contribution in [1.29, 1.82) is 0 Å². The monoisotopic (exact) mass is 222 g/mol. The first kappa shape index (κ1) is 12.2. The number of carboxylic acid groups (broad SMARTS) is 1. The van der Waals surface area contributed by atoms with Gasteiger partial charge >= 0.3 is 5.97 Å². The van der Waals surface area contributed by atoms with E-state index in [0.29, 0.717) is 18.9 Å². The lowest BCUT2D eigenvalue weighted by Gasteiger charge is -2.22. The molecule has 0 bridgehead atoms. The van der Waals surface area contributed by atoms with Gasteiger partial charge in [-0.25, -0.2) is 9.78 Å². The minimum Gasteiger partial charge on any atom is -0.478 e. The summed E-state index contributed by atoms with van der Waals surface area (Å²) in [5.41, 5.74) is 0.123. The predicted molar refractivity (Wildman–Crippen MR) is 60.7 cm³/mol. The van der Waals surface area contributed by atoms with Crippen LogP contribution in [0.5, 0.6) is 0 Å². The molecule has 1 heterocycles. The Kier molecular flexibility index (Phi) is 4.47. The van der Waals surface area contributed by atoms with Gasteiger partial charge in [0.1, 0.15) is 11.4 Å². The summed E-state index contributed by atoms with van der Waals surface area (Å²) in [6.45, 7) is 4.28. The normalized spacial score (nSPS) is 9.81. The van der Waals surface area contributed by atoms with Gasteiger partial charge in [0.25, 0.3) is 0 Å². The topological polar surface area (TPSA) is 73.7 Å². The van der Waals surface area contributed by atoms with Crippen LogP contribution in [-0.4, -0.2) is 40.9 Å². The number of aliphatic hydroxyl groups excluding tert-OH is 1. The van der Waals surface area contributed by atoms with Gasteiger partial charge < -0.3 is 15.1 Å². The summed E-state index contributed by atoms with van der Waals surface area (Å²) >= 11 is 0. The number of pyridine rings is 1. The summed E-state index contributed by atoms with van der Waals surface area (Å²) in [5, 5.41) is 17.9. The van der Waals surface area contributed by atoms with Crippen LogP contribution in [0.25, 0.3) is 0 Å². The SMILES string of the molecule is C=CCN(CCO)c1ncccc1C(=O)O. The molecule has 0 aliphatic carbocycles. The van der Waals surface area contributed by atoms with Crippen LogP contribution in [0.1, 0.15) is 10.4 Å². The first-order chi connectivity index (χ1) is 7.70. The number of carboxylic acids is 1. The van der Waals surface area contributed by atoms with Crippen LogP contribution < -0.4 is 4.90 Å². The van der Waals surface area contributed by atoms with E-state index in [1.165, 1.54) is 12.3 Å². The molecule has 86 valence electrons. The number of anilines is 1. The highest BCUT2D eigenvalue weighted by Gasteiger charge is 2.15. The number of hydrogen-bond acceptors (Lipinski definition) is 4. The lowest BCUT2D eigenvalue weighted by Crippen LogP contribution is -2.29. The smallest absolute Gasteiger partial charge is 0.339 e. The van der Waals surface area contributed by atoms with Gasteiger partial charge in [-0.15, -0.1) is 6.58 Å². The Morgan fingerprint density at radius 3 is 2.94 bits per heavy atom. The molecule has 0 saturated heterocycles. The molecule has 0 saturated carbocycles. The average Bonchev–Trinajstić information content (AvgIpc) is 2.29. The van der Waals surface area contributed by atoms with E-state index in [2.05, 4.69) is 11.6 Å². The summed E-state index contributed by atoms with van der Waals surface area (Å²) in [6.07, 6.45) is 3.16. The van der Waals surface area contributed by atoms with Crippen molar-refractivity contribution in [3.63, 3.8) is 0 Å². The second kappa shape index (κ2) is 5.87. The number of hydrogen-bond donors (Lipinski definition) is 2. The minimum absolute atomic E-state index is 0.0660. The van der Waals surface area contributed by atoms with E-state index in [1.807, 2.05) is 0 Å². The quantitative estimate of drug-likeness (QED) is 0.695. The van der Waals surface area contributed by atoms with Crippen molar-refractivity contribution in [1.82, 2.24) is 4.98 Å². The zero-order valence-corrected chi connectivity index (χ0v) is 8.83. The van der Waals surface area contributed by atoms with Crippen molar-refractivity contribution in [3.8, 4) is 0 Å². The predicted octanol–water partition coefficient (Wildman–Crippen LogP) is 0.764. The van der Waals surface area contributed by atoms with Gasteiger partial charge in [-0.3, -0.25) is 0 Å². The summed E-state index contributed by atoms with van der Waals surface area (Å²) in [4.78, 5) is 16.7. The van der Waals surface area contributed by atoms with E-state index in [-0.39, 0.29) is 12.2 Å². The molecule has 0 amide bonds. The Bertz CT molecular complexity index is 379. The molecule has 0 spiro atoms. The fraction of sp³-hybridized carbons (Fsp3) is 0.273. The summed E-state index contributed by atoms with van der Waals surface area (Å²) in [6, 6.07) is 3.05. The van der Waals surface area contributed by atoms with E-state index in [9.17, 15) is 4.79 Å². The number of aromatic carboxylic acids is 1. The molecule has 2 N–H and O–H groups in total. The lowest BCUT2D eigenvalue weighted by molar-refractivity contribution is 0.0697. The number of rotatable bonds is 6. The molecular weight excluding hydrogens is 208 g/mol. The summed E-state index contributed by atoms with van der Waals surface area (Å²) in [7, 11) is 0. The molecule has 0 atom stereocenters. The van der Waals surface area contributed by atoms with Gasteiger partial charge in [0.05, 0.1) is 6.61 Å². The van der Waals surface area contributed by atoms with Crippen molar-refractivity contribution in [2.24, 2.45) is 0 Å². The molecule has 1 aromatic rings. The molecular formula is C11H14N2O3. The van der Waals surface area contributed by atoms with Gasteiger partial charge in [-0.05, 0) is 12.1 Å². The molecule has 0 aromatic carbocycles. The molecule has 5 nitrogen and oxygen atoms in total. The van der Waals surface area contributed by atoms with E-state index in [0.717, 1.165) is 0 Å². The molecule has 5 heteroatoms. The molecule has 0 aliphatic heterocycles. The van der Waals surface area contributed by atoms with Crippen LogP contribution in [0.4, 0.5) is 5.82 Å². The molecule has 0 fully saturated rings. The number of nitrogens with zero attached hydrogens (tertiary/aromatic N) is 2. The van der Waals surface area contributed by atoms with Crippen molar-refractivity contribution in [2.45, 2.75) is 0 Å². The van der Waals surface area contributed by atoms with Crippen molar-refractivity contribution in [2.75, 3.05) is 24.6 Å². The maximum atomic E-state index is 11.0. The van der Waals surface area contributed by atoms with Gasteiger partial charge in [0, 0.05) is 19.3 Å². The Hall–Kier alpha value is -1.88. The standard InChI is InChI=1S/C11H14N2O3/c1-2-6-13(7-8-14)10-9(11(15)16)4-3-5-12-10/h2-5,14H,1,6-8H2,(H,15,16). The first-order valence-electron chi connectivity index (χ1n) is 4.85. The van der Waals surface area contributed by atoms with Gasteiger partial charge in [-0.1, -0.05) is 6.08 Å². The van der Waals surface area contributed by atoms with Crippen molar-refractivity contribution >= 4 is 11.8 Å². The Morgan fingerprint density at radius 1 is 1.62 bits per heavy atom. The van der Waals surface area contributed by atoms with Gasteiger partial charge in [-0.2, -0.15) is 0 Å². The van der Waals surface area contributed by atoms with Gasteiger partial charge in [0.15, 0.2) is 0 Å². The zero-order chi connectivity index (χ0) is 12.0. The highest BCUT2D eigenvalue weighted by Crippen LogP contribution is 2.16. The van der Waals surface area contributed by atoms with E-state index in [4.69, 9.17) is 10.2 Å². The Morgan fingerprint density at radius 2 is 2.38 bits per heavy atom. The maximum Gasteiger partial charge on any atom is 0.339 e. The number of aromatic nitrogens is 1. The Labute approximate surface area is 93.7 Å². The maximum absolute atomic E-state index is 11.0. The first-order valence-corrected chi connectivity index (χ1v) is 4.85. The van der Waals surface area contributed by atoms with Crippen LogP contribution >= 0.6 is 0 Å². The van der Waals surface area contributed by atoms with Crippen molar-refractivity contribution in [3.05, 3.63) is 36.5 Å². The fourth-order valence-corrected chi connectivity index (χ4v) is 1.38. The average molecular weight is 222 g/mol. The van der Waals surface area contributed by atoms with Crippen LogP contribution in [0, 0.1) is 0 Å². The lowest BCUT2D eigenvalue weighted by atomic mass is 10.2. The highest BCUT2D eigenvalue weighted by molar-refractivity contribution is 5.93. The highest BCUT2D eigenvalue weighted by atomic mass is 16.4. The molecule has 0 aliphatic rings.